The maximum atomic E-state index is 11.8. The van der Waals surface area contributed by atoms with Crippen LogP contribution in [0.25, 0.3) is 0 Å². The van der Waals surface area contributed by atoms with Crippen LogP contribution in [0.1, 0.15) is 65.7 Å². The Hall–Kier alpha value is -0.0200. The number of unbranched alkanes of at least 4 members (excludes halogenated alkanes) is 5. The molecule has 0 aliphatic rings. The molecule has 0 aliphatic heterocycles. The van der Waals surface area contributed by atoms with Crippen molar-refractivity contribution in [2.24, 2.45) is 5.41 Å². The number of rotatable bonds is 10. The molecule has 0 aromatic carbocycles. The molecule has 0 unspecified atom stereocenters. The lowest BCUT2D eigenvalue weighted by Crippen LogP contribution is -2.23. The van der Waals surface area contributed by atoms with Crippen LogP contribution in [0.3, 0.4) is 0 Å². The van der Waals surface area contributed by atoms with Crippen molar-refractivity contribution in [2.75, 3.05) is 12.4 Å². The molecule has 0 aliphatic carbocycles. The molecule has 0 radical (unpaired) electrons. The zero-order valence-electron chi connectivity index (χ0n) is 11.6. The van der Waals surface area contributed by atoms with E-state index >= 15 is 0 Å². The molecule has 0 saturated heterocycles. The predicted octanol–water partition coefficient (Wildman–Crippen LogP) is 4.02. The minimum atomic E-state index is -0.373. The number of aliphatic hydroxyl groups is 1. The van der Waals surface area contributed by atoms with Crippen LogP contribution in [0, 0.1) is 5.41 Å². The van der Waals surface area contributed by atoms with Crippen molar-refractivity contribution in [3.05, 3.63) is 0 Å². The Morgan fingerprint density at radius 1 is 1.12 bits per heavy atom. The molecule has 0 aromatic heterocycles. The number of thioether (sulfide) groups is 1. The van der Waals surface area contributed by atoms with Crippen LogP contribution in [-0.2, 0) is 4.79 Å². The summed E-state index contributed by atoms with van der Waals surface area (Å²) in [5.74, 6) is 0.930. The molecule has 0 bridgehead atoms. The van der Waals surface area contributed by atoms with Gasteiger partial charge in [-0.2, -0.15) is 0 Å². The van der Waals surface area contributed by atoms with Gasteiger partial charge in [-0.1, -0.05) is 64.6 Å². The second-order valence-electron chi connectivity index (χ2n) is 5.26. The average Bonchev–Trinajstić information content (AvgIpc) is 2.27. The maximum Gasteiger partial charge on any atom is 0.194 e. The highest BCUT2D eigenvalue weighted by Crippen LogP contribution is 2.28. The van der Waals surface area contributed by atoms with Gasteiger partial charge in [0.25, 0.3) is 0 Å². The van der Waals surface area contributed by atoms with Crippen molar-refractivity contribution < 1.29 is 9.90 Å². The average molecular weight is 260 g/mol. The van der Waals surface area contributed by atoms with Crippen molar-refractivity contribution in [1.82, 2.24) is 0 Å². The van der Waals surface area contributed by atoms with Gasteiger partial charge in [-0.15, -0.1) is 0 Å². The van der Waals surface area contributed by atoms with Crippen molar-refractivity contribution in [2.45, 2.75) is 65.7 Å². The lowest BCUT2D eigenvalue weighted by molar-refractivity contribution is -0.118. The summed E-state index contributed by atoms with van der Waals surface area (Å²) in [6, 6.07) is 0. The third kappa shape index (κ3) is 8.67. The molecule has 3 heteroatoms. The van der Waals surface area contributed by atoms with Crippen LogP contribution < -0.4 is 0 Å². The van der Waals surface area contributed by atoms with E-state index in [9.17, 15) is 4.79 Å². The number of carbonyl (C=O) groups excluding carboxylic acids is 1. The predicted molar refractivity (Wildman–Crippen MR) is 76.3 cm³/mol. The van der Waals surface area contributed by atoms with E-state index in [0.29, 0.717) is 6.42 Å². The largest absolute Gasteiger partial charge is 0.396 e. The van der Waals surface area contributed by atoms with Crippen molar-refractivity contribution in [3.8, 4) is 0 Å². The van der Waals surface area contributed by atoms with Crippen molar-refractivity contribution in [3.63, 3.8) is 0 Å². The molecule has 0 saturated carbocycles. The number of hydrogen-bond donors (Lipinski definition) is 1. The Morgan fingerprint density at radius 3 is 2.29 bits per heavy atom. The molecule has 0 aromatic rings. The monoisotopic (exact) mass is 260 g/mol. The van der Waals surface area contributed by atoms with Gasteiger partial charge in [-0.3, -0.25) is 4.79 Å². The van der Waals surface area contributed by atoms with Gasteiger partial charge in [0.1, 0.15) is 0 Å². The van der Waals surface area contributed by atoms with Crippen molar-refractivity contribution in [1.29, 1.82) is 0 Å². The van der Waals surface area contributed by atoms with Crippen LogP contribution in [0.4, 0.5) is 0 Å². The van der Waals surface area contributed by atoms with Gasteiger partial charge in [-0.05, 0) is 12.8 Å². The summed E-state index contributed by atoms with van der Waals surface area (Å²) >= 11 is 1.44. The van der Waals surface area contributed by atoms with Crippen LogP contribution >= 0.6 is 11.8 Å². The molecule has 17 heavy (non-hydrogen) atoms. The molecular weight excluding hydrogens is 232 g/mol. The van der Waals surface area contributed by atoms with E-state index in [0.717, 1.165) is 12.2 Å². The summed E-state index contributed by atoms with van der Waals surface area (Å²) in [7, 11) is 0. The van der Waals surface area contributed by atoms with Gasteiger partial charge in [0.15, 0.2) is 5.12 Å². The summed E-state index contributed by atoms with van der Waals surface area (Å²) in [5, 5.41) is 9.10. The Kier molecular flexibility index (Phi) is 9.94. The fourth-order valence-electron chi connectivity index (χ4n) is 1.62. The molecule has 0 amide bonds. The third-order valence-electron chi connectivity index (χ3n) is 3.02. The maximum absolute atomic E-state index is 11.8. The van der Waals surface area contributed by atoms with Crippen LogP contribution in [0.15, 0.2) is 0 Å². The smallest absolute Gasteiger partial charge is 0.194 e. The summed E-state index contributed by atoms with van der Waals surface area (Å²) in [4.78, 5) is 11.8. The van der Waals surface area contributed by atoms with Gasteiger partial charge in [0.2, 0.25) is 0 Å². The lowest BCUT2D eigenvalue weighted by atomic mass is 9.92. The molecular formula is C14H28O2S. The topological polar surface area (TPSA) is 37.3 Å². The van der Waals surface area contributed by atoms with E-state index in [1.807, 2.05) is 13.8 Å². The van der Waals surface area contributed by atoms with Crippen molar-refractivity contribution >= 4 is 16.9 Å². The zero-order valence-corrected chi connectivity index (χ0v) is 12.4. The number of hydrogen-bond acceptors (Lipinski definition) is 3. The Labute approximate surface area is 111 Å². The van der Waals surface area contributed by atoms with Crippen LogP contribution in [0.5, 0.6) is 0 Å². The van der Waals surface area contributed by atoms with Gasteiger partial charge >= 0.3 is 0 Å². The summed E-state index contributed by atoms with van der Waals surface area (Å²) in [6.45, 7) is 6.15. The number of aliphatic hydroxyl groups excluding tert-OH is 1. The van der Waals surface area contributed by atoms with Crippen LogP contribution in [-0.4, -0.2) is 22.6 Å². The third-order valence-corrected chi connectivity index (χ3v) is 4.33. The first-order valence-electron chi connectivity index (χ1n) is 6.82. The quantitative estimate of drug-likeness (QED) is 0.603. The van der Waals surface area contributed by atoms with Crippen LogP contribution in [0.2, 0.25) is 0 Å². The fourth-order valence-corrected chi connectivity index (χ4v) is 2.65. The van der Waals surface area contributed by atoms with Gasteiger partial charge in [0, 0.05) is 17.8 Å². The van der Waals surface area contributed by atoms with E-state index < -0.39 is 0 Å². The highest BCUT2D eigenvalue weighted by atomic mass is 32.2. The highest BCUT2D eigenvalue weighted by molar-refractivity contribution is 8.13. The Bertz CT molecular complexity index is 202. The molecule has 0 heterocycles. The lowest BCUT2D eigenvalue weighted by Gasteiger charge is -2.20. The summed E-state index contributed by atoms with van der Waals surface area (Å²) in [5.41, 5.74) is -0.373. The van der Waals surface area contributed by atoms with E-state index in [1.54, 1.807) is 0 Å². The molecule has 1 N–H and O–H groups in total. The second-order valence-corrected chi connectivity index (χ2v) is 6.33. The SMILES string of the molecule is CCCCCCCCSC(=O)C(C)(C)CCO. The van der Waals surface area contributed by atoms with Gasteiger partial charge in [0.05, 0.1) is 0 Å². The minimum Gasteiger partial charge on any atom is -0.396 e. The molecule has 102 valence electrons. The van der Waals surface area contributed by atoms with E-state index in [2.05, 4.69) is 6.92 Å². The van der Waals surface area contributed by atoms with Gasteiger partial charge in [-0.25, -0.2) is 0 Å². The standard InChI is InChI=1S/C14H28O2S/c1-4-5-6-7-8-9-12-17-13(16)14(2,3)10-11-15/h15H,4-12H2,1-3H3. The molecule has 0 fully saturated rings. The summed E-state index contributed by atoms with van der Waals surface area (Å²) in [6.07, 6.45) is 8.16. The molecule has 0 atom stereocenters. The first-order valence-corrected chi connectivity index (χ1v) is 7.81. The number of carbonyl (C=O) groups is 1. The molecule has 2 nitrogen and oxygen atoms in total. The van der Waals surface area contributed by atoms with E-state index in [-0.39, 0.29) is 17.1 Å². The highest BCUT2D eigenvalue weighted by Gasteiger charge is 2.26. The minimum absolute atomic E-state index is 0.0936. The zero-order chi connectivity index (χ0) is 13.1. The molecule has 0 rings (SSSR count). The van der Waals surface area contributed by atoms with E-state index in [1.165, 1.54) is 43.9 Å². The molecule has 0 spiro atoms. The summed E-state index contributed by atoms with van der Waals surface area (Å²) < 4.78 is 0. The van der Waals surface area contributed by atoms with E-state index in [4.69, 9.17) is 5.11 Å². The second kappa shape index (κ2) is 9.95. The Balaban J connectivity index is 3.51. The normalized spacial score (nSPS) is 11.8. The van der Waals surface area contributed by atoms with Gasteiger partial charge < -0.3 is 5.11 Å². The first kappa shape index (κ1) is 17.0. The fraction of sp³-hybridized carbons (Fsp3) is 0.929. The first-order chi connectivity index (χ1) is 8.04. The Morgan fingerprint density at radius 2 is 1.71 bits per heavy atom.